The van der Waals surface area contributed by atoms with Gasteiger partial charge in [-0.25, -0.2) is 0 Å². The van der Waals surface area contributed by atoms with Gasteiger partial charge in [0, 0.05) is 16.5 Å². The number of anilines is 1. The molecule has 2 N–H and O–H groups in total. The summed E-state index contributed by atoms with van der Waals surface area (Å²) in [4.78, 5) is 1.03. The Kier molecular flexibility index (Phi) is 4.61. The second kappa shape index (κ2) is 6.82. The maximum absolute atomic E-state index is 9.38. The molecule has 0 radical (unpaired) electrons. The Hall–Kier alpha value is -2.35. The van der Waals surface area contributed by atoms with Crippen molar-refractivity contribution in [1.29, 1.82) is 5.26 Å². The minimum atomic E-state index is 0.558. The number of nitriles is 1. The van der Waals surface area contributed by atoms with Gasteiger partial charge in [0.25, 0.3) is 0 Å². The van der Waals surface area contributed by atoms with E-state index in [0.717, 1.165) is 15.5 Å². The van der Waals surface area contributed by atoms with E-state index in [-0.39, 0.29) is 0 Å². The largest absolute Gasteiger partial charge is 0.397 e. The summed E-state index contributed by atoms with van der Waals surface area (Å²) in [7, 11) is 0. The van der Waals surface area contributed by atoms with E-state index in [4.69, 9.17) is 17.3 Å². The summed E-state index contributed by atoms with van der Waals surface area (Å²) in [5.41, 5.74) is 8.42. The molecule has 0 saturated carbocycles. The Balaban J connectivity index is 1.97. The van der Waals surface area contributed by atoms with Crippen LogP contribution in [0.25, 0.3) is 0 Å². The zero-order valence-electron chi connectivity index (χ0n) is 12.2. The molecule has 2 aromatic carbocycles. The van der Waals surface area contributed by atoms with E-state index < -0.39 is 0 Å². The first-order valence-electron chi connectivity index (χ1n) is 7.04. The number of rotatable bonds is 4. The third-order valence-electron chi connectivity index (χ3n) is 3.40. The van der Waals surface area contributed by atoms with Crippen LogP contribution in [0.1, 0.15) is 11.3 Å². The Morgan fingerprint density at radius 3 is 2.43 bits per heavy atom. The quantitative estimate of drug-likeness (QED) is 0.743. The number of aromatic nitrogens is 1. The molecule has 0 spiro atoms. The highest BCUT2D eigenvalue weighted by Crippen LogP contribution is 2.35. The molecule has 3 aromatic rings. The molecule has 1 aromatic heterocycles. The van der Waals surface area contributed by atoms with E-state index in [9.17, 15) is 5.26 Å². The average Bonchev–Trinajstić information content (AvgIpc) is 2.86. The fourth-order valence-electron chi connectivity index (χ4n) is 2.30. The lowest BCUT2D eigenvalue weighted by Gasteiger charge is -2.11. The Morgan fingerprint density at radius 2 is 1.78 bits per heavy atom. The highest BCUT2D eigenvalue weighted by molar-refractivity contribution is 7.99. The van der Waals surface area contributed by atoms with Gasteiger partial charge in [-0.2, -0.15) is 5.26 Å². The molecule has 0 unspecified atom stereocenters. The van der Waals surface area contributed by atoms with Crippen molar-refractivity contribution in [3.63, 3.8) is 0 Å². The Morgan fingerprint density at radius 1 is 1.09 bits per heavy atom. The molecule has 0 aliphatic rings. The van der Waals surface area contributed by atoms with Crippen LogP contribution in [0, 0.1) is 11.3 Å². The summed E-state index contributed by atoms with van der Waals surface area (Å²) < 4.78 is 1.95. The molecule has 1 heterocycles. The van der Waals surface area contributed by atoms with Crippen LogP contribution >= 0.6 is 23.4 Å². The molecule has 0 amide bonds. The molecule has 5 heteroatoms. The number of nitrogens with zero attached hydrogens (tertiary/aromatic N) is 2. The van der Waals surface area contributed by atoms with Crippen molar-refractivity contribution in [3.05, 3.63) is 76.9 Å². The van der Waals surface area contributed by atoms with Crippen LogP contribution in [0.4, 0.5) is 5.69 Å². The van der Waals surface area contributed by atoms with Crippen molar-refractivity contribution in [2.75, 3.05) is 5.73 Å². The summed E-state index contributed by atoms with van der Waals surface area (Å²) in [5.74, 6) is 0. The summed E-state index contributed by atoms with van der Waals surface area (Å²) in [5, 5.41) is 10.9. The van der Waals surface area contributed by atoms with Crippen molar-refractivity contribution < 1.29 is 0 Å². The minimum Gasteiger partial charge on any atom is -0.397 e. The number of nitrogen functional groups attached to an aromatic ring is 1. The Labute approximate surface area is 144 Å². The van der Waals surface area contributed by atoms with Crippen molar-refractivity contribution in [2.45, 2.75) is 16.5 Å². The molecular weight excluding hydrogens is 326 g/mol. The first-order chi connectivity index (χ1) is 11.2. The lowest BCUT2D eigenvalue weighted by atomic mass is 10.2. The first kappa shape index (κ1) is 15.5. The van der Waals surface area contributed by atoms with Crippen molar-refractivity contribution in [3.8, 4) is 6.07 Å². The summed E-state index contributed by atoms with van der Waals surface area (Å²) >= 11 is 7.46. The van der Waals surface area contributed by atoms with Gasteiger partial charge in [0.2, 0.25) is 0 Å². The van der Waals surface area contributed by atoms with Crippen molar-refractivity contribution in [1.82, 2.24) is 4.57 Å². The van der Waals surface area contributed by atoms with Gasteiger partial charge in [0.15, 0.2) is 0 Å². The van der Waals surface area contributed by atoms with Crippen LogP contribution in [-0.2, 0) is 6.54 Å². The maximum Gasteiger partial charge on any atom is 0.123 e. The average molecular weight is 340 g/mol. The Bertz CT molecular complexity index is 848. The normalized spacial score (nSPS) is 10.4. The lowest BCUT2D eigenvalue weighted by Crippen LogP contribution is -2.04. The van der Waals surface area contributed by atoms with Gasteiger partial charge in [-0.15, -0.1) is 0 Å². The molecule has 0 saturated heterocycles. The molecule has 0 atom stereocenters. The van der Waals surface area contributed by atoms with E-state index in [2.05, 4.69) is 6.07 Å². The smallest absolute Gasteiger partial charge is 0.123 e. The second-order valence-electron chi connectivity index (χ2n) is 5.03. The van der Waals surface area contributed by atoms with E-state index in [0.29, 0.717) is 22.9 Å². The molecule has 3 rings (SSSR count). The number of benzene rings is 2. The standard InChI is InChI=1S/C18H14ClN3S/c19-14-6-8-16(9-7-14)23-18-17(21)10-15(11-20)22(18)12-13-4-2-1-3-5-13/h1-10H,12,21H2. The van der Waals surface area contributed by atoms with Crippen LogP contribution in [-0.4, -0.2) is 4.57 Å². The predicted octanol–water partition coefficient (Wildman–Crippen LogP) is 4.79. The number of hydrogen-bond acceptors (Lipinski definition) is 3. The topological polar surface area (TPSA) is 54.7 Å². The summed E-state index contributed by atoms with van der Waals surface area (Å²) in [6.07, 6.45) is 0. The zero-order chi connectivity index (χ0) is 16.2. The fraction of sp³-hybridized carbons (Fsp3) is 0.0556. The molecular formula is C18H14ClN3S. The van der Waals surface area contributed by atoms with Gasteiger partial charge in [-0.1, -0.05) is 53.7 Å². The highest BCUT2D eigenvalue weighted by Gasteiger charge is 2.15. The van der Waals surface area contributed by atoms with E-state index >= 15 is 0 Å². The molecule has 23 heavy (non-hydrogen) atoms. The molecule has 114 valence electrons. The minimum absolute atomic E-state index is 0.558. The number of nitrogens with two attached hydrogens (primary N) is 1. The van der Waals surface area contributed by atoms with Gasteiger partial charge >= 0.3 is 0 Å². The number of hydrogen-bond donors (Lipinski definition) is 1. The number of halogens is 1. The van der Waals surface area contributed by atoms with E-state index in [1.165, 1.54) is 11.8 Å². The fourth-order valence-corrected chi connectivity index (χ4v) is 3.37. The lowest BCUT2D eigenvalue weighted by molar-refractivity contribution is 0.725. The van der Waals surface area contributed by atoms with E-state index in [1.807, 2.05) is 59.2 Å². The van der Waals surface area contributed by atoms with Crippen molar-refractivity contribution in [2.24, 2.45) is 0 Å². The monoisotopic (exact) mass is 339 g/mol. The van der Waals surface area contributed by atoms with Crippen LogP contribution < -0.4 is 5.73 Å². The van der Waals surface area contributed by atoms with Gasteiger partial charge in [0.05, 0.1) is 5.69 Å². The highest BCUT2D eigenvalue weighted by atomic mass is 35.5. The van der Waals surface area contributed by atoms with Crippen LogP contribution in [0.3, 0.4) is 0 Å². The summed E-state index contributed by atoms with van der Waals surface area (Å²) in [6, 6.07) is 21.5. The molecule has 0 aliphatic heterocycles. The van der Waals surface area contributed by atoms with Gasteiger partial charge in [0.1, 0.15) is 16.8 Å². The van der Waals surface area contributed by atoms with Crippen LogP contribution in [0.2, 0.25) is 5.02 Å². The second-order valence-corrected chi connectivity index (χ2v) is 6.53. The van der Waals surface area contributed by atoms with Gasteiger partial charge < -0.3 is 10.3 Å². The SMILES string of the molecule is N#Cc1cc(N)c(Sc2ccc(Cl)cc2)n1Cc1ccccc1. The third-order valence-corrected chi connectivity index (χ3v) is 4.81. The predicted molar refractivity (Wildman–Crippen MR) is 94.7 cm³/mol. The van der Waals surface area contributed by atoms with Crippen LogP contribution in [0.5, 0.6) is 0 Å². The first-order valence-corrected chi connectivity index (χ1v) is 8.23. The molecule has 0 fully saturated rings. The van der Waals surface area contributed by atoms with E-state index in [1.54, 1.807) is 6.07 Å². The van der Waals surface area contributed by atoms with Gasteiger partial charge in [-0.05, 0) is 35.9 Å². The molecule has 0 bridgehead atoms. The molecule has 3 nitrogen and oxygen atoms in total. The summed E-state index contributed by atoms with van der Waals surface area (Å²) in [6.45, 7) is 0.608. The van der Waals surface area contributed by atoms with Gasteiger partial charge in [-0.3, -0.25) is 0 Å². The zero-order valence-corrected chi connectivity index (χ0v) is 13.8. The third kappa shape index (κ3) is 3.53. The molecule has 0 aliphatic carbocycles. The van der Waals surface area contributed by atoms with Crippen molar-refractivity contribution >= 4 is 29.1 Å². The van der Waals surface area contributed by atoms with Crippen LogP contribution in [0.15, 0.2) is 70.6 Å². The maximum atomic E-state index is 9.38.